The van der Waals surface area contributed by atoms with Crippen molar-refractivity contribution in [3.05, 3.63) is 6.33 Å². The van der Waals surface area contributed by atoms with Crippen molar-refractivity contribution >= 4 is 22.7 Å². The Hall–Kier alpha value is -1.93. The Bertz CT molecular complexity index is 381. The molecule has 2 heterocycles. The maximum absolute atomic E-state index is 5.21. The molecule has 0 saturated heterocycles. The van der Waals surface area contributed by atoms with Crippen molar-refractivity contribution in [2.75, 3.05) is 10.9 Å². The van der Waals surface area contributed by atoms with Gasteiger partial charge < -0.3 is 15.8 Å². The van der Waals surface area contributed by atoms with E-state index in [1.165, 1.54) is 6.33 Å². The number of nitrogens with zero attached hydrogens (tertiary/aromatic N) is 3. The second-order valence-electron chi connectivity index (χ2n) is 2.31. The minimum atomic E-state index is 0.398. The van der Waals surface area contributed by atoms with E-state index in [1.807, 2.05) is 0 Å². The molecule has 0 bridgehead atoms. The predicted octanol–water partition coefficient (Wildman–Crippen LogP) is -1.08. The van der Waals surface area contributed by atoms with Gasteiger partial charge in [0.05, 0.1) is 6.33 Å². The highest BCUT2D eigenvalue weighted by atomic mass is 15.4. The van der Waals surface area contributed by atoms with Gasteiger partial charge in [0, 0.05) is 0 Å². The lowest BCUT2D eigenvalue weighted by atomic mass is 10.4. The van der Waals surface area contributed by atoms with Gasteiger partial charge in [0.2, 0.25) is 0 Å². The Labute approximate surface area is 72.7 Å². The molecule has 0 saturated carbocycles. The average molecular weight is 180 g/mol. The molecule has 8 heteroatoms. The van der Waals surface area contributed by atoms with Crippen LogP contribution in [0.25, 0.3) is 11.0 Å². The number of aromatic nitrogens is 4. The van der Waals surface area contributed by atoms with Gasteiger partial charge in [-0.2, -0.15) is 0 Å². The van der Waals surface area contributed by atoms with Crippen molar-refractivity contribution in [1.82, 2.24) is 20.2 Å². The Kier molecular flexibility index (Phi) is 1.69. The molecule has 2 aromatic heterocycles. The molecule has 0 radical (unpaired) electrons. The van der Waals surface area contributed by atoms with Gasteiger partial charge in [-0.1, -0.05) is 0 Å². The number of anilines is 2. The molecule has 0 unspecified atom stereocenters. The van der Waals surface area contributed by atoms with Gasteiger partial charge in [-0.25, -0.2) is 16.7 Å². The molecule has 0 aromatic carbocycles. The molecular weight excluding hydrogens is 172 g/mol. The van der Waals surface area contributed by atoms with E-state index in [0.29, 0.717) is 22.7 Å². The molecule has 2 rings (SSSR count). The summed E-state index contributed by atoms with van der Waals surface area (Å²) in [4.78, 5) is 6.86. The van der Waals surface area contributed by atoms with Crippen molar-refractivity contribution < 1.29 is 0 Å². The number of hydrogen-bond acceptors (Lipinski definition) is 7. The molecule has 0 aliphatic rings. The number of nitrogens with two attached hydrogens (primary N) is 2. The van der Waals surface area contributed by atoms with E-state index in [9.17, 15) is 0 Å². The molecule has 0 atom stereocenters. The van der Waals surface area contributed by atoms with Crippen molar-refractivity contribution in [2.24, 2.45) is 11.7 Å². The number of imidazole rings is 1. The number of fused-ring (bicyclic) bond motifs is 1. The molecule has 0 spiro atoms. The van der Waals surface area contributed by atoms with Crippen LogP contribution in [0, 0.1) is 0 Å². The maximum Gasteiger partial charge on any atom is 0.190 e. The highest BCUT2D eigenvalue weighted by Gasteiger charge is 2.09. The number of nitrogen functional groups attached to an aromatic ring is 2. The van der Waals surface area contributed by atoms with E-state index in [4.69, 9.17) is 11.7 Å². The van der Waals surface area contributed by atoms with E-state index in [0.717, 1.165) is 0 Å². The maximum atomic E-state index is 5.21. The van der Waals surface area contributed by atoms with Gasteiger partial charge in [-0.15, -0.1) is 10.2 Å². The fraction of sp³-hybridized carbons (Fsp3) is 0. The molecular formula is C5H8N8. The number of rotatable bonds is 2. The summed E-state index contributed by atoms with van der Waals surface area (Å²) in [6.45, 7) is 0. The first-order chi connectivity index (χ1) is 6.36. The van der Waals surface area contributed by atoms with Crippen molar-refractivity contribution in [3.8, 4) is 0 Å². The van der Waals surface area contributed by atoms with E-state index in [2.05, 4.69) is 31.0 Å². The zero-order chi connectivity index (χ0) is 9.26. The predicted molar refractivity (Wildman–Crippen MR) is 47.3 cm³/mol. The Morgan fingerprint density at radius 3 is 2.54 bits per heavy atom. The second kappa shape index (κ2) is 2.84. The van der Waals surface area contributed by atoms with Gasteiger partial charge in [-0.3, -0.25) is 0 Å². The monoisotopic (exact) mass is 180 g/mol. The van der Waals surface area contributed by atoms with Crippen molar-refractivity contribution in [3.63, 3.8) is 0 Å². The number of H-pyrrole nitrogens is 1. The van der Waals surface area contributed by atoms with E-state index in [-0.39, 0.29) is 0 Å². The fourth-order valence-electron chi connectivity index (χ4n) is 1.05. The lowest BCUT2D eigenvalue weighted by molar-refractivity contribution is 1.02. The zero-order valence-electron chi connectivity index (χ0n) is 6.57. The van der Waals surface area contributed by atoms with Crippen LogP contribution in [0.2, 0.25) is 0 Å². The van der Waals surface area contributed by atoms with E-state index >= 15 is 0 Å². The third-order valence-electron chi connectivity index (χ3n) is 1.62. The normalized spacial score (nSPS) is 10.3. The summed E-state index contributed by atoms with van der Waals surface area (Å²) < 4.78 is 0. The van der Waals surface area contributed by atoms with Gasteiger partial charge in [0.15, 0.2) is 11.6 Å². The summed E-state index contributed by atoms with van der Waals surface area (Å²) in [5.41, 5.74) is 6.02. The largest absolute Gasteiger partial charge is 0.341 e. The molecule has 0 amide bonds. The van der Waals surface area contributed by atoms with Crippen LogP contribution >= 0.6 is 0 Å². The third-order valence-corrected chi connectivity index (χ3v) is 1.62. The molecule has 0 aliphatic carbocycles. The number of hydrogen-bond donors (Lipinski definition) is 5. The summed E-state index contributed by atoms with van der Waals surface area (Å²) >= 11 is 0. The first-order valence-corrected chi connectivity index (χ1v) is 3.50. The highest BCUT2D eigenvalue weighted by molar-refractivity contribution is 5.92. The van der Waals surface area contributed by atoms with Crippen LogP contribution < -0.4 is 22.5 Å². The fourth-order valence-corrected chi connectivity index (χ4v) is 1.05. The second-order valence-corrected chi connectivity index (χ2v) is 2.31. The van der Waals surface area contributed by atoms with Crippen LogP contribution in [0.5, 0.6) is 0 Å². The highest BCUT2D eigenvalue weighted by Crippen LogP contribution is 2.20. The topological polar surface area (TPSA) is 131 Å². The van der Waals surface area contributed by atoms with Crippen LogP contribution in [-0.4, -0.2) is 20.2 Å². The lowest BCUT2D eigenvalue weighted by Crippen LogP contribution is -2.13. The molecule has 68 valence electrons. The SMILES string of the molecule is NNc1nnc(NN)c2[nH]cnc12. The molecule has 0 fully saturated rings. The van der Waals surface area contributed by atoms with Crippen LogP contribution in [0.15, 0.2) is 6.33 Å². The van der Waals surface area contributed by atoms with Crippen molar-refractivity contribution in [2.45, 2.75) is 0 Å². The Balaban J connectivity index is 2.74. The third kappa shape index (κ3) is 1.04. The summed E-state index contributed by atoms with van der Waals surface area (Å²) in [5.74, 6) is 11.2. The number of nitrogens with one attached hydrogen (secondary N) is 3. The van der Waals surface area contributed by atoms with Crippen LogP contribution in [0.1, 0.15) is 0 Å². The quantitative estimate of drug-likeness (QED) is 0.293. The van der Waals surface area contributed by atoms with E-state index in [1.54, 1.807) is 0 Å². The molecule has 0 aliphatic heterocycles. The van der Waals surface area contributed by atoms with Crippen molar-refractivity contribution in [1.29, 1.82) is 0 Å². The minimum Gasteiger partial charge on any atom is -0.341 e. The molecule has 13 heavy (non-hydrogen) atoms. The average Bonchev–Trinajstić information content (AvgIpc) is 2.64. The van der Waals surface area contributed by atoms with Gasteiger partial charge >= 0.3 is 0 Å². The van der Waals surface area contributed by atoms with Gasteiger partial charge in [0.25, 0.3) is 0 Å². The summed E-state index contributed by atoms with van der Waals surface area (Å²) in [7, 11) is 0. The summed E-state index contributed by atoms with van der Waals surface area (Å²) in [6, 6.07) is 0. The van der Waals surface area contributed by atoms with Crippen LogP contribution in [-0.2, 0) is 0 Å². The standard InChI is InChI=1S/C5H8N8/c6-10-4-2-3(9-1-8-2)5(11-7)13-12-4/h1H,6-7H2,(H,8,9)(H,10,12)(H,11,13). The minimum absolute atomic E-state index is 0.398. The zero-order valence-corrected chi connectivity index (χ0v) is 6.57. The van der Waals surface area contributed by atoms with Crippen LogP contribution in [0.4, 0.5) is 11.6 Å². The smallest absolute Gasteiger partial charge is 0.190 e. The van der Waals surface area contributed by atoms with Gasteiger partial charge in [0.1, 0.15) is 11.0 Å². The first kappa shape index (κ1) is 7.71. The Morgan fingerprint density at radius 1 is 1.15 bits per heavy atom. The van der Waals surface area contributed by atoms with Gasteiger partial charge in [-0.05, 0) is 0 Å². The lowest BCUT2D eigenvalue weighted by Gasteiger charge is -2.01. The summed E-state index contributed by atoms with van der Waals surface area (Å²) in [5, 5.41) is 7.53. The number of aromatic amines is 1. The number of hydrazine groups is 2. The van der Waals surface area contributed by atoms with Crippen LogP contribution in [0.3, 0.4) is 0 Å². The van der Waals surface area contributed by atoms with E-state index < -0.39 is 0 Å². The molecule has 7 N–H and O–H groups in total. The first-order valence-electron chi connectivity index (χ1n) is 3.50. The molecule has 2 aromatic rings. The Morgan fingerprint density at radius 2 is 1.85 bits per heavy atom. The molecule has 8 nitrogen and oxygen atoms in total. The summed E-state index contributed by atoms with van der Waals surface area (Å²) in [6.07, 6.45) is 1.51.